The minimum absolute atomic E-state index is 0.186. The Kier molecular flexibility index (Phi) is 3.60. The molecule has 0 aromatic rings. The Bertz CT molecular complexity index is 410. The molecular weight excluding hydrogens is 242 g/mol. The standard InChI is InChI=1S/C11H21NO4S/c1-10(2,12)11(7-9(13)14)6-4-5-8(11)17(3,15)16/h8H,4-7,12H2,1-3H3,(H,13,14). The smallest absolute Gasteiger partial charge is 0.304 e. The van der Waals surface area contributed by atoms with Crippen LogP contribution < -0.4 is 5.73 Å². The largest absolute Gasteiger partial charge is 0.481 e. The van der Waals surface area contributed by atoms with Crippen molar-refractivity contribution in [2.75, 3.05) is 6.26 Å². The van der Waals surface area contributed by atoms with Gasteiger partial charge in [-0.05, 0) is 26.7 Å². The van der Waals surface area contributed by atoms with Gasteiger partial charge in [0.15, 0.2) is 9.84 Å². The molecule has 2 atom stereocenters. The second-order valence-electron chi connectivity index (χ2n) is 5.66. The number of carboxylic acid groups (broad SMARTS) is 1. The molecule has 1 fully saturated rings. The molecule has 1 rings (SSSR count). The highest BCUT2D eigenvalue weighted by molar-refractivity contribution is 7.91. The zero-order chi connectivity index (χ0) is 13.5. The monoisotopic (exact) mass is 263 g/mol. The molecular formula is C11H21NO4S. The van der Waals surface area contributed by atoms with Crippen molar-refractivity contribution in [3.05, 3.63) is 0 Å². The number of rotatable bonds is 4. The third kappa shape index (κ3) is 2.63. The van der Waals surface area contributed by atoms with E-state index in [0.717, 1.165) is 0 Å². The van der Waals surface area contributed by atoms with Crippen LogP contribution in [0, 0.1) is 5.41 Å². The van der Waals surface area contributed by atoms with Gasteiger partial charge in [0.25, 0.3) is 0 Å². The van der Waals surface area contributed by atoms with Gasteiger partial charge in [-0.25, -0.2) is 8.42 Å². The molecule has 0 radical (unpaired) electrons. The Morgan fingerprint density at radius 1 is 1.53 bits per heavy atom. The van der Waals surface area contributed by atoms with Crippen molar-refractivity contribution in [1.29, 1.82) is 0 Å². The maximum absolute atomic E-state index is 11.8. The summed E-state index contributed by atoms with van der Waals surface area (Å²) in [6.07, 6.45) is 2.76. The summed E-state index contributed by atoms with van der Waals surface area (Å²) in [6, 6.07) is 0. The predicted octanol–water partition coefficient (Wildman–Crippen LogP) is 0.782. The molecule has 3 N–H and O–H groups in total. The van der Waals surface area contributed by atoms with Crippen LogP contribution in [-0.2, 0) is 14.6 Å². The normalized spacial score (nSPS) is 30.5. The molecule has 0 spiro atoms. The fourth-order valence-electron chi connectivity index (χ4n) is 3.10. The number of nitrogens with two attached hydrogens (primary N) is 1. The van der Waals surface area contributed by atoms with Crippen molar-refractivity contribution in [3.63, 3.8) is 0 Å². The number of aliphatic carboxylic acids is 1. The molecule has 1 saturated carbocycles. The molecule has 5 nitrogen and oxygen atoms in total. The molecule has 1 aliphatic carbocycles. The molecule has 17 heavy (non-hydrogen) atoms. The number of sulfone groups is 1. The van der Waals surface area contributed by atoms with E-state index in [-0.39, 0.29) is 6.42 Å². The van der Waals surface area contributed by atoms with Crippen molar-refractivity contribution >= 4 is 15.8 Å². The summed E-state index contributed by atoms with van der Waals surface area (Å²) in [5.41, 5.74) is 4.40. The van der Waals surface area contributed by atoms with Gasteiger partial charge in [-0.15, -0.1) is 0 Å². The minimum atomic E-state index is -3.28. The predicted molar refractivity (Wildman–Crippen MR) is 65.4 cm³/mol. The lowest BCUT2D eigenvalue weighted by Crippen LogP contribution is -2.57. The maximum atomic E-state index is 11.8. The summed E-state index contributed by atoms with van der Waals surface area (Å²) < 4.78 is 23.7. The van der Waals surface area contributed by atoms with Crippen LogP contribution in [0.25, 0.3) is 0 Å². The molecule has 0 bridgehead atoms. The average molecular weight is 263 g/mol. The van der Waals surface area contributed by atoms with Crippen LogP contribution in [0.5, 0.6) is 0 Å². The summed E-state index contributed by atoms with van der Waals surface area (Å²) in [4.78, 5) is 11.0. The number of hydrogen-bond acceptors (Lipinski definition) is 4. The van der Waals surface area contributed by atoms with E-state index in [9.17, 15) is 13.2 Å². The van der Waals surface area contributed by atoms with E-state index in [4.69, 9.17) is 10.8 Å². The first-order valence-electron chi connectivity index (χ1n) is 5.70. The van der Waals surface area contributed by atoms with E-state index in [1.807, 2.05) is 0 Å². The van der Waals surface area contributed by atoms with Gasteiger partial charge in [-0.1, -0.05) is 6.42 Å². The van der Waals surface area contributed by atoms with Gasteiger partial charge in [-0.3, -0.25) is 4.79 Å². The van der Waals surface area contributed by atoms with Crippen LogP contribution >= 0.6 is 0 Å². The SMILES string of the molecule is CC(C)(N)C1(CC(=O)O)CCCC1S(C)(=O)=O. The van der Waals surface area contributed by atoms with Gasteiger partial charge < -0.3 is 10.8 Å². The third-order valence-electron chi connectivity index (χ3n) is 3.97. The zero-order valence-corrected chi connectivity index (χ0v) is 11.4. The van der Waals surface area contributed by atoms with Crippen LogP contribution in [-0.4, -0.2) is 36.5 Å². The van der Waals surface area contributed by atoms with E-state index >= 15 is 0 Å². The van der Waals surface area contributed by atoms with Crippen LogP contribution in [0.2, 0.25) is 0 Å². The lowest BCUT2D eigenvalue weighted by molar-refractivity contribution is -0.140. The van der Waals surface area contributed by atoms with Crippen molar-refractivity contribution in [2.24, 2.45) is 11.1 Å². The minimum Gasteiger partial charge on any atom is -0.481 e. The van der Waals surface area contributed by atoms with Gasteiger partial charge in [0.1, 0.15) is 0 Å². The molecule has 6 heteroatoms. The van der Waals surface area contributed by atoms with Gasteiger partial charge in [-0.2, -0.15) is 0 Å². The topological polar surface area (TPSA) is 97.5 Å². The first-order valence-corrected chi connectivity index (χ1v) is 7.66. The zero-order valence-electron chi connectivity index (χ0n) is 10.6. The quantitative estimate of drug-likeness (QED) is 0.781. The molecule has 0 amide bonds. The molecule has 0 aromatic carbocycles. The molecule has 0 aliphatic heterocycles. The number of carbonyl (C=O) groups is 1. The third-order valence-corrected chi connectivity index (χ3v) is 5.69. The summed E-state index contributed by atoms with van der Waals surface area (Å²) >= 11 is 0. The van der Waals surface area contributed by atoms with Crippen LogP contribution in [0.15, 0.2) is 0 Å². The molecule has 2 unspecified atom stereocenters. The highest BCUT2D eigenvalue weighted by Gasteiger charge is 2.56. The fourth-order valence-corrected chi connectivity index (χ4v) is 5.02. The molecule has 0 heterocycles. The van der Waals surface area contributed by atoms with Crippen molar-refractivity contribution < 1.29 is 18.3 Å². The van der Waals surface area contributed by atoms with Crippen LogP contribution in [0.1, 0.15) is 39.5 Å². The summed E-state index contributed by atoms with van der Waals surface area (Å²) in [6.45, 7) is 3.44. The first-order chi connectivity index (χ1) is 7.51. The highest BCUT2D eigenvalue weighted by Crippen LogP contribution is 2.50. The molecule has 1 aliphatic rings. The lowest BCUT2D eigenvalue weighted by atomic mass is 9.68. The lowest BCUT2D eigenvalue weighted by Gasteiger charge is -2.44. The van der Waals surface area contributed by atoms with E-state index < -0.39 is 32.0 Å². The van der Waals surface area contributed by atoms with Gasteiger partial charge >= 0.3 is 5.97 Å². The van der Waals surface area contributed by atoms with Crippen molar-refractivity contribution in [1.82, 2.24) is 0 Å². The van der Waals surface area contributed by atoms with E-state index in [2.05, 4.69) is 0 Å². The van der Waals surface area contributed by atoms with Crippen molar-refractivity contribution in [3.8, 4) is 0 Å². The molecule has 0 saturated heterocycles. The summed E-state index contributed by atoms with van der Waals surface area (Å²) in [7, 11) is -3.28. The van der Waals surface area contributed by atoms with Gasteiger partial charge in [0, 0.05) is 17.2 Å². The Morgan fingerprint density at radius 2 is 2.06 bits per heavy atom. The second kappa shape index (κ2) is 4.24. The average Bonchev–Trinajstić information content (AvgIpc) is 2.45. The Morgan fingerprint density at radius 3 is 2.41 bits per heavy atom. The van der Waals surface area contributed by atoms with Gasteiger partial charge in [0.05, 0.1) is 11.7 Å². The maximum Gasteiger partial charge on any atom is 0.304 e. The first kappa shape index (κ1) is 14.4. The fraction of sp³-hybridized carbons (Fsp3) is 0.909. The van der Waals surface area contributed by atoms with E-state index in [1.165, 1.54) is 6.26 Å². The van der Waals surface area contributed by atoms with Crippen LogP contribution in [0.3, 0.4) is 0 Å². The summed E-state index contributed by atoms with van der Waals surface area (Å²) in [5.74, 6) is -0.987. The number of carboxylic acids is 1. The van der Waals surface area contributed by atoms with E-state index in [1.54, 1.807) is 13.8 Å². The Labute approximate surface area is 102 Å². The molecule has 100 valence electrons. The van der Waals surface area contributed by atoms with Crippen LogP contribution in [0.4, 0.5) is 0 Å². The second-order valence-corrected chi connectivity index (χ2v) is 7.89. The Balaban J connectivity index is 3.27. The number of hydrogen-bond donors (Lipinski definition) is 2. The molecule has 0 aromatic heterocycles. The highest BCUT2D eigenvalue weighted by atomic mass is 32.2. The van der Waals surface area contributed by atoms with Gasteiger partial charge in [0.2, 0.25) is 0 Å². The summed E-state index contributed by atoms with van der Waals surface area (Å²) in [5, 5.41) is 8.39. The Hall–Kier alpha value is -0.620. The van der Waals surface area contributed by atoms with Crippen molar-refractivity contribution in [2.45, 2.75) is 50.3 Å². The van der Waals surface area contributed by atoms with E-state index in [0.29, 0.717) is 19.3 Å².